The number of rotatable bonds is 2. The Morgan fingerprint density at radius 1 is 1.38 bits per heavy atom. The van der Waals surface area contributed by atoms with E-state index in [0.29, 0.717) is 16.3 Å². The van der Waals surface area contributed by atoms with Crippen molar-refractivity contribution in [3.05, 3.63) is 40.4 Å². The highest BCUT2D eigenvalue weighted by Crippen LogP contribution is 2.21. The van der Waals surface area contributed by atoms with Crippen LogP contribution in [-0.4, -0.2) is 17.6 Å². The fourth-order valence-electron chi connectivity index (χ4n) is 1.30. The summed E-state index contributed by atoms with van der Waals surface area (Å²) in [6.45, 7) is 0. The molecule has 0 saturated carbocycles. The van der Waals surface area contributed by atoms with Gasteiger partial charge in [0.15, 0.2) is 0 Å². The molecule has 1 aromatic carbocycles. The summed E-state index contributed by atoms with van der Waals surface area (Å²) in [4.78, 5) is 15.9. The smallest absolute Gasteiger partial charge is 0.312 e. The van der Waals surface area contributed by atoms with E-state index < -0.39 is 5.97 Å². The van der Waals surface area contributed by atoms with Gasteiger partial charge in [-0.25, -0.2) is 4.79 Å². The standard InChI is InChI=1S/C11H7Cl2NO2/c12-6-10-8(11(15)16-14-10)5-7-3-1-2-4-9(7)13/h1-5H,6H2/b8-5-. The van der Waals surface area contributed by atoms with Crippen LogP contribution in [0.5, 0.6) is 0 Å². The first kappa shape index (κ1) is 11.2. The third kappa shape index (κ3) is 2.10. The molecule has 0 aromatic heterocycles. The number of nitrogens with zero attached hydrogens (tertiary/aromatic N) is 1. The van der Waals surface area contributed by atoms with Crippen molar-refractivity contribution in [1.82, 2.24) is 0 Å². The normalized spacial score (nSPS) is 17.5. The van der Waals surface area contributed by atoms with Crippen molar-refractivity contribution < 1.29 is 9.63 Å². The van der Waals surface area contributed by atoms with Crippen molar-refractivity contribution in [2.24, 2.45) is 5.16 Å². The van der Waals surface area contributed by atoms with Gasteiger partial charge >= 0.3 is 5.97 Å². The van der Waals surface area contributed by atoms with Crippen LogP contribution in [0.25, 0.3) is 6.08 Å². The number of halogens is 2. The molecule has 1 heterocycles. The van der Waals surface area contributed by atoms with Crippen LogP contribution in [0.15, 0.2) is 35.0 Å². The molecule has 0 unspecified atom stereocenters. The molecule has 0 radical (unpaired) electrons. The van der Waals surface area contributed by atoms with E-state index in [1.165, 1.54) is 0 Å². The SMILES string of the molecule is O=C1ON=C(CCl)/C1=C/c1ccccc1Cl. The summed E-state index contributed by atoms with van der Waals surface area (Å²) < 4.78 is 0. The topological polar surface area (TPSA) is 38.7 Å². The van der Waals surface area contributed by atoms with Gasteiger partial charge in [0.25, 0.3) is 0 Å². The van der Waals surface area contributed by atoms with E-state index in [4.69, 9.17) is 23.2 Å². The molecule has 3 nitrogen and oxygen atoms in total. The molecule has 0 aliphatic carbocycles. The van der Waals surface area contributed by atoms with E-state index in [2.05, 4.69) is 9.99 Å². The van der Waals surface area contributed by atoms with Gasteiger partial charge in [-0.2, -0.15) is 0 Å². The molecule has 0 amide bonds. The lowest BCUT2D eigenvalue weighted by atomic mass is 10.1. The van der Waals surface area contributed by atoms with Crippen molar-refractivity contribution in [1.29, 1.82) is 0 Å². The number of hydrogen-bond donors (Lipinski definition) is 0. The molecule has 0 atom stereocenters. The number of alkyl halides is 1. The first-order valence-corrected chi connectivity index (χ1v) is 5.44. The Kier molecular flexibility index (Phi) is 3.27. The summed E-state index contributed by atoms with van der Waals surface area (Å²) in [6.07, 6.45) is 1.62. The monoisotopic (exact) mass is 255 g/mol. The lowest BCUT2D eigenvalue weighted by Gasteiger charge is -1.98. The minimum Gasteiger partial charge on any atom is -0.312 e. The molecule has 1 aliphatic heterocycles. The number of oxime groups is 1. The third-order valence-electron chi connectivity index (χ3n) is 2.10. The van der Waals surface area contributed by atoms with E-state index in [0.717, 1.165) is 5.56 Å². The second kappa shape index (κ2) is 4.68. The molecule has 82 valence electrons. The first-order chi connectivity index (χ1) is 7.72. The Labute approximate surface area is 102 Å². The van der Waals surface area contributed by atoms with Crippen molar-refractivity contribution in [2.45, 2.75) is 0 Å². The highest BCUT2D eigenvalue weighted by atomic mass is 35.5. The maximum atomic E-state index is 11.4. The van der Waals surface area contributed by atoms with Crippen LogP contribution >= 0.6 is 23.2 Å². The fourth-order valence-corrected chi connectivity index (χ4v) is 1.68. The lowest BCUT2D eigenvalue weighted by Crippen LogP contribution is -2.06. The minimum absolute atomic E-state index is 0.127. The predicted octanol–water partition coefficient (Wildman–Crippen LogP) is 2.88. The maximum Gasteiger partial charge on any atom is 0.367 e. The largest absolute Gasteiger partial charge is 0.367 e. The summed E-state index contributed by atoms with van der Waals surface area (Å²) in [5.41, 5.74) is 1.51. The van der Waals surface area contributed by atoms with Crippen LogP contribution < -0.4 is 0 Å². The molecule has 2 rings (SSSR count). The molecule has 0 spiro atoms. The van der Waals surface area contributed by atoms with E-state index in [9.17, 15) is 4.79 Å². The van der Waals surface area contributed by atoms with Crippen LogP contribution in [-0.2, 0) is 9.63 Å². The minimum atomic E-state index is -0.504. The molecule has 1 aliphatic rings. The van der Waals surface area contributed by atoms with Crippen LogP contribution in [0.3, 0.4) is 0 Å². The zero-order valence-electron chi connectivity index (χ0n) is 8.11. The van der Waals surface area contributed by atoms with Gasteiger partial charge in [-0.15, -0.1) is 11.6 Å². The van der Waals surface area contributed by atoms with Gasteiger partial charge in [0.05, 0.1) is 11.5 Å². The molecule has 5 heteroatoms. The lowest BCUT2D eigenvalue weighted by molar-refractivity contribution is -0.136. The molecule has 0 saturated heterocycles. The molecule has 0 N–H and O–H groups in total. The van der Waals surface area contributed by atoms with Gasteiger partial charge in [-0.05, 0) is 17.7 Å². The van der Waals surface area contributed by atoms with E-state index in [1.54, 1.807) is 18.2 Å². The van der Waals surface area contributed by atoms with Gasteiger partial charge in [0.1, 0.15) is 5.71 Å². The van der Waals surface area contributed by atoms with Crippen LogP contribution in [0.2, 0.25) is 5.02 Å². The summed E-state index contributed by atoms with van der Waals surface area (Å²) in [5, 5.41) is 4.13. The van der Waals surface area contributed by atoms with Crippen molar-refractivity contribution >= 4 is 41.0 Å². The second-order valence-corrected chi connectivity index (χ2v) is 3.80. The summed E-state index contributed by atoms with van der Waals surface area (Å²) in [7, 11) is 0. The van der Waals surface area contributed by atoms with Crippen molar-refractivity contribution in [2.75, 3.05) is 5.88 Å². The van der Waals surface area contributed by atoms with Crippen molar-refractivity contribution in [3.8, 4) is 0 Å². The van der Waals surface area contributed by atoms with Gasteiger partial charge in [0.2, 0.25) is 0 Å². The number of hydrogen-bond acceptors (Lipinski definition) is 3. The maximum absolute atomic E-state index is 11.4. The third-order valence-corrected chi connectivity index (χ3v) is 2.70. The molecule has 16 heavy (non-hydrogen) atoms. The van der Waals surface area contributed by atoms with Crippen molar-refractivity contribution in [3.63, 3.8) is 0 Å². The molecule has 0 bridgehead atoms. The second-order valence-electron chi connectivity index (χ2n) is 3.13. The zero-order valence-corrected chi connectivity index (χ0v) is 9.63. The van der Waals surface area contributed by atoms with Crippen LogP contribution in [0, 0.1) is 0 Å². The van der Waals surface area contributed by atoms with E-state index in [-0.39, 0.29) is 5.88 Å². The van der Waals surface area contributed by atoms with E-state index in [1.807, 2.05) is 12.1 Å². The number of benzene rings is 1. The highest BCUT2D eigenvalue weighted by Gasteiger charge is 2.24. The van der Waals surface area contributed by atoms with Gasteiger partial charge in [-0.1, -0.05) is 35.0 Å². The quantitative estimate of drug-likeness (QED) is 0.463. The highest BCUT2D eigenvalue weighted by molar-refractivity contribution is 6.39. The van der Waals surface area contributed by atoms with Gasteiger partial charge in [0, 0.05) is 5.02 Å². The Bertz CT molecular complexity index is 495. The number of carbonyl (C=O) groups excluding carboxylic acids is 1. The van der Waals surface area contributed by atoms with Crippen LogP contribution in [0.4, 0.5) is 0 Å². The van der Waals surface area contributed by atoms with Gasteiger partial charge < -0.3 is 4.84 Å². The summed E-state index contributed by atoms with van der Waals surface area (Å²) >= 11 is 11.6. The molecule has 0 fully saturated rings. The van der Waals surface area contributed by atoms with Gasteiger partial charge in [-0.3, -0.25) is 0 Å². The van der Waals surface area contributed by atoms with E-state index >= 15 is 0 Å². The number of carbonyl (C=O) groups is 1. The average molecular weight is 256 g/mol. The Hall–Kier alpha value is -1.32. The molecular formula is C11H7Cl2NO2. The summed E-state index contributed by atoms with van der Waals surface area (Å²) in [5.74, 6) is -0.377. The first-order valence-electron chi connectivity index (χ1n) is 4.53. The Morgan fingerprint density at radius 3 is 2.81 bits per heavy atom. The molecular weight excluding hydrogens is 249 g/mol. The zero-order chi connectivity index (χ0) is 11.5. The molecule has 1 aromatic rings. The summed E-state index contributed by atoms with van der Waals surface area (Å²) in [6, 6.07) is 7.18. The Balaban J connectivity index is 2.41. The Morgan fingerprint density at radius 2 is 2.12 bits per heavy atom. The predicted molar refractivity (Wildman–Crippen MR) is 63.7 cm³/mol. The average Bonchev–Trinajstić information content (AvgIpc) is 2.63. The van der Waals surface area contributed by atoms with Crippen LogP contribution in [0.1, 0.15) is 5.56 Å². The fraction of sp³-hybridized carbons (Fsp3) is 0.0909.